The monoisotopic (exact) mass is 364 g/mol. The molecule has 0 radical (unpaired) electrons. The van der Waals surface area contributed by atoms with Crippen LogP contribution in [0.4, 0.5) is 21.7 Å². The molecule has 6 nitrogen and oxygen atoms in total. The summed E-state index contributed by atoms with van der Waals surface area (Å²) >= 11 is 0. The van der Waals surface area contributed by atoms with Crippen molar-refractivity contribution in [3.8, 4) is 0 Å². The normalized spacial score (nSPS) is 10.3. The number of nitrogens with zero attached hydrogens (tertiary/aromatic N) is 2. The number of carbonyl (C=O) groups excluding carboxylic acids is 2. The quantitative estimate of drug-likeness (QED) is 0.651. The van der Waals surface area contributed by atoms with E-state index in [1.54, 1.807) is 42.5 Å². The van der Waals surface area contributed by atoms with E-state index in [1.807, 2.05) is 6.07 Å². The van der Waals surface area contributed by atoms with E-state index in [1.165, 1.54) is 19.1 Å². The van der Waals surface area contributed by atoms with Crippen LogP contribution in [0.1, 0.15) is 22.8 Å². The zero-order chi connectivity index (χ0) is 19.2. The van der Waals surface area contributed by atoms with Crippen LogP contribution in [-0.2, 0) is 11.2 Å². The lowest BCUT2D eigenvalue weighted by Gasteiger charge is -2.08. The number of amides is 1. The maximum Gasteiger partial charge on any atom is 0.229 e. The van der Waals surface area contributed by atoms with Gasteiger partial charge >= 0.3 is 0 Å². The fourth-order valence-corrected chi connectivity index (χ4v) is 2.45. The van der Waals surface area contributed by atoms with Crippen molar-refractivity contribution in [2.75, 3.05) is 10.6 Å². The molecule has 2 aromatic carbocycles. The maximum atomic E-state index is 13.2. The second-order valence-electron chi connectivity index (χ2n) is 5.92. The van der Waals surface area contributed by atoms with Crippen LogP contribution in [0.2, 0.25) is 0 Å². The number of nitrogens with one attached hydrogen (secondary N) is 2. The molecule has 136 valence electrons. The molecule has 1 aromatic heterocycles. The minimum absolute atomic E-state index is 0.0268. The highest BCUT2D eigenvalue weighted by atomic mass is 19.1. The number of ketones is 1. The van der Waals surface area contributed by atoms with Gasteiger partial charge < -0.3 is 10.6 Å². The molecule has 0 aliphatic heterocycles. The van der Waals surface area contributed by atoms with Gasteiger partial charge in [0.25, 0.3) is 0 Å². The van der Waals surface area contributed by atoms with Gasteiger partial charge in [0.2, 0.25) is 5.91 Å². The average Bonchev–Trinajstić information content (AvgIpc) is 2.63. The molecule has 3 rings (SSSR count). The number of Topliss-reactive ketones (excluding diaryl/α,β-unsaturated/α-hetero) is 1. The molecule has 0 unspecified atom stereocenters. The Morgan fingerprint density at radius 2 is 1.70 bits per heavy atom. The van der Waals surface area contributed by atoms with Gasteiger partial charge in [0.05, 0.1) is 6.42 Å². The first-order chi connectivity index (χ1) is 13.0. The van der Waals surface area contributed by atoms with Gasteiger partial charge in [0, 0.05) is 11.3 Å². The van der Waals surface area contributed by atoms with Gasteiger partial charge in [0.1, 0.15) is 5.82 Å². The molecule has 0 saturated carbocycles. The molecule has 0 saturated heterocycles. The minimum Gasteiger partial charge on any atom is -0.339 e. The second-order valence-corrected chi connectivity index (χ2v) is 5.92. The number of hydrogen-bond donors (Lipinski definition) is 2. The number of benzene rings is 2. The molecule has 0 spiro atoms. The van der Waals surface area contributed by atoms with Crippen LogP contribution in [0.3, 0.4) is 0 Å². The SMILES string of the molecule is CC(=O)c1cccc(Nc2ccc(NC(=O)Cc3cccc(F)c3)nn2)c1. The first-order valence-corrected chi connectivity index (χ1v) is 8.25. The number of halogens is 1. The van der Waals surface area contributed by atoms with E-state index in [9.17, 15) is 14.0 Å². The van der Waals surface area contributed by atoms with E-state index in [-0.39, 0.29) is 23.9 Å². The third-order valence-electron chi connectivity index (χ3n) is 3.73. The number of hydrogen-bond acceptors (Lipinski definition) is 5. The molecule has 2 N–H and O–H groups in total. The van der Waals surface area contributed by atoms with E-state index in [2.05, 4.69) is 20.8 Å². The van der Waals surface area contributed by atoms with Gasteiger partial charge in [-0.25, -0.2) is 4.39 Å². The summed E-state index contributed by atoms with van der Waals surface area (Å²) in [7, 11) is 0. The minimum atomic E-state index is -0.385. The first-order valence-electron chi connectivity index (χ1n) is 8.25. The highest BCUT2D eigenvalue weighted by molar-refractivity contribution is 5.95. The van der Waals surface area contributed by atoms with Gasteiger partial charge in [-0.15, -0.1) is 10.2 Å². The van der Waals surface area contributed by atoms with Gasteiger partial charge in [-0.3, -0.25) is 9.59 Å². The molecule has 0 aliphatic rings. The summed E-state index contributed by atoms with van der Waals surface area (Å²) in [5.41, 5.74) is 1.87. The molecule has 0 atom stereocenters. The third-order valence-corrected chi connectivity index (χ3v) is 3.73. The fraction of sp³-hybridized carbons (Fsp3) is 0.100. The van der Waals surface area contributed by atoms with Crippen LogP contribution in [-0.4, -0.2) is 21.9 Å². The summed E-state index contributed by atoms with van der Waals surface area (Å²) in [5.74, 6) is 0.0356. The summed E-state index contributed by atoms with van der Waals surface area (Å²) in [6.07, 6.45) is 0.0390. The molecule has 3 aromatic rings. The summed E-state index contributed by atoms with van der Waals surface area (Å²) in [6.45, 7) is 1.50. The predicted molar refractivity (Wildman–Crippen MR) is 100 cm³/mol. The summed E-state index contributed by atoms with van der Waals surface area (Å²) < 4.78 is 13.2. The van der Waals surface area contributed by atoms with Crippen LogP contribution < -0.4 is 10.6 Å². The van der Waals surface area contributed by atoms with Crippen LogP contribution in [0.15, 0.2) is 60.7 Å². The lowest BCUT2D eigenvalue weighted by atomic mass is 10.1. The van der Waals surface area contributed by atoms with Gasteiger partial charge in [0.15, 0.2) is 17.4 Å². The lowest BCUT2D eigenvalue weighted by molar-refractivity contribution is -0.115. The van der Waals surface area contributed by atoms with Crippen LogP contribution in [0.25, 0.3) is 0 Å². The summed E-state index contributed by atoms with van der Waals surface area (Å²) in [6, 6.07) is 16.2. The standard InChI is InChI=1S/C20H17FN4O2/c1-13(26)15-5-3-7-17(12-15)22-18-8-9-19(25-24-18)23-20(27)11-14-4-2-6-16(21)10-14/h2-10,12H,11H2,1H3,(H,22,24)(H,23,25,27). The Labute approximate surface area is 155 Å². The Balaban J connectivity index is 1.61. The van der Waals surface area contributed by atoms with Crippen molar-refractivity contribution in [3.05, 3.63) is 77.6 Å². The van der Waals surface area contributed by atoms with Gasteiger partial charge in [-0.1, -0.05) is 24.3 Å². The maximum absolute atomic E-state index is 13.2. The zero-order valence-electron chi connectivity index (χ0n) is 14.6. The fourth-order valence-electron chi connectivity index (χ4n) is 2.45. The van der Waals surface area contributed by atoms with E-state index in [0.29, 0.717) is 28.5 Å². The van der Waals surface area contributed by atoms with E-state index >= 15 is 0 Å². The summed E-state index contributed by atoms with van der Waals surface area (Å²) in [4.78, 5) is 23.5. The average molecular weight is 364 g/mol. The smallest absolute Gasteiger partial charge is 0.229 e. The Hall–Kier alpha value is -3.61. The van der Waals surface area contributed by atoms with Crippen molar-refractivity contribution in [2.45, 2.75) is 13.3 Å². The van der Waals surface area contributed by atoms with Crippen LogP contribution in [0, 0.1) is 5.82 Å². The molecular weight excluding hydrogens is 347 g/mol. The lowest BCUT2D eigenvalue weighted by Crippen LogP contribution is -2.15. The van der Waals surface area contributed by atoms with Crippen molar-refractivity contribution < 1.29 is 14.0 Å². The molecule has 0 aliphatic carbocycles. The first kappa shape index (κ1) is 18.2. The Kier molecular flexibility index (Phi) is 5.51. The molecule has 7 heteroatoms. The molecule has 1 heterocycles. The van der Waals surface area contributed by atoms with E-state index < -0.39 is 0 Å². The van der Waals surface area contributed by atoms with Gasteiger partial charge in [-0.05, 0) is 48.9 Å². The zero-order valence-corrected chi connectivity index (χ0v) is 14.6. The van der Waals surface area contributed by atoms with Gasteiger partial charge in [-0.2, -0.15) is 0 Å². The van der Waals surface area contributed by atoms with Crippen molar-refractivity contribution in [1.29, 1.82) is 0 Å². The van der Waals surface area contributed by atoms with E-state index in [0.717, 1.165) is 0 Å². The van der Waals surface area contributed by atoms with Crippen molar-refractivity contribution >= 4 is 29.0 Å². The van der Waals surface area contributed by atoms with Crippen molar-refractivity contribution in [2.24, 2.45) is 0 Å². The predicted octanol–water partition coefficient (Wildman–Crippen LogP) is 3.74. The Morgan fingerprint density at radius 3 is 2.41 bits per heavy atom. The topological polar surface area (TPSA) is 84.0 Å². The van der Waals surface area contributed by atoms with Crippen molar-refractivity contribution in [3.63, 3.8) is 0 Å². The van der Waals surface area contributed by atoms with Crippen LogP contribution in [0.5, 0.6) is 0 Å². The molecule has 1 amide bonds. The largest absolute Gasteiger partial charge is 0.339 e. The highest BCUT2D eigenvalue weighted by Gasteiger charge is 2.07. The number of anilines is 3. The number of carbonyl (C=O) groups is 2. The summed E-state index contributed by atoms with van der Waals surface area (Å²) in [5, 5.41) is 13.6. The molecular formula is C20H17FN4O2. The van der Waals surface area contributed by atoms with Crippen molar-refractivity contribution in [1.82, 2.24) is 10.2 Å². The number of aromatic nitrogens is 2. The van der Waals surface area contributed by atoms with Crippen LogP contribution >= 0.6 is 0 Å². The highest BCUT2D eigenvalue weighted by Crippen LogP contribution is 2.17. The number of rotatable bonds is 6. The third kappa shape index (κ3) is 5.18. The second kappa shape index (κ2) is 8.18. The molecule has 0 bridgehead atoms. The Morgan fingerprint density at radius 1 is 0.963 bits per heavy atom. The Bertz CT molecular complexity index is 974. The molecule has 27 heavy (non-hydrogen) atoms. The van der Waals surface area contributed by atoms with E-state index in [4.69, 9.17) is 0 Å². The molecule has 0 fully saturated rings.